The van der Waals surface area contributed by atoms with Gasteiger partial charge in [0.15, 0.2) is 0 Å². The molecule has 2 aromatic heterocycles. The van der Waals surface area contributed by atoms with Gasteiger partial charge in [-0.25, -0.2) is 9.97 Å². The maximum atomic E-state index is 5.66. The lowest BCUT2D eigenvalue weighted by Gasteiger charge is -2.11. The lowest BCUT2D eigenvalue weighted by Crippen LogP contribution is -1.95. The van der Waals surface area contributed by atoms with Crippen molar-refractivity contribution in [2.24, 2.45) is 0 Å². The Labute approximate surface area is 140 Å². The monoisotopic (exact) mass is 312 g/mol. The third kappa shape index (κ3) is 2.48. The van der Waals surface area contributed by atoms with Crippen molar-refractivity contribution >= 4 is 16.9 Å². The Kier molecular flexibility index (Phi) is 3.43. The van der Waals surface area contributed by atoms with Gasteiger partial charge >= 0.3 is 0 Å². The van der Waals surface area contributed by atoms with Crippen molar-refractivity contribution in [3.63, 3.8) is 0 Å². The Hall–Kier alpha value is -3.27. The van der Waals surface area contributed by atoms with Gasteiger partial charge in [-0.05, 0) is 36.2 Å². The van der Waals surface area contributed by atoms with E-state index in [1.165, 1.54) is 5.56 Å². The van der Waals surface area contributed by atoms with E-state index in [9.17, 15) is 0 Å². The molecular formula is C20H16N4. The molecule has 0 aliphatic carbocycles. The fourth-order valence-electron chi connectivity index (χ4n) is 2.91. The van der Waals surface area contributed by atoms with E-state index in [4.69, 9.17) is 5.73 Å². The molecule has 4 rings (SSSR count). The number of rotatable bonds is 2. The molecule has 0 unspecified atom stereocenters. The van der Waals surface area contributed by atoms with Crippen LogP contribution >= 0.6 is 0 Å². The van der Waals surface area contributed by atoms with Gasteiger partial charge in [0.2, 0.25) is 5.95 Å². The molecule has 116 valence electrons. The van der Waals surface area contributed by atoms with Gasteiger partial charge in [-0.3, -0.25) is 4.98 Å². The molecule has 0 bridgehead atoms. The molecule has 2 aromatic carbocycles. The van der Waals surface area contributed by atoms with Crippen LogP contribution in [-0.2, 0) is 0 Å². The summed E-state index contributed by atoms with van der Waals surface area (Å²) in [5.74, 6) is 0.289. The molecule has 2 N–H and O–H groups in total. The lowest BCUT2D eigenvalue weighted by molar-refractivity contribution is 1.24. The smallest absolute Gasteiger partial charge is 0.220 e. The van der Waals surface area contributed by atoms with Crippen molar-refractivity contribution in [3.8, 4) is 22.4 Å². The Morgan fingerprint density at radius 1 is 0.875 bits per heavy atom. The molecule has 0 spiro atoms. The molecule has 24 heavy (non-hydrogen) atoms. The number of hydrogen-bond acceptors (Lipinski definition) is 4. The van der Waals surface area contributed by atoms with Crippen molar-refractivity contribution in [2.45, 2.75) is 6.92 Å². The molecule has 0 saturated carbocycles. The van der Waals surface area contributed by atoms with Crippen LogP contribution in [0.2, 0.25) is 0 Å². The molecule has 4 aromatic rings. The number of benzene rings is 2. The summed E-state index contributed by atoms with van der Waals surface area (Å²) in [6.45, 7) is 2.10. The highest BCUT2D eigenvalue weighted by Gasteiger charge is 2.11. The van der Waals surface area contributed by atoms with Gasteiger partial charge in [-0.15, -0.1) is 0 Å². The van der Waals surface area contributed by atoms with E-state index in [2.05, 4.69) is 46.1 Å². The highest BCUT2D eigenvalue weighted by molar-refractivity contribution is 5.88. The Morgan fingerprint density at radius 3 is 2.58 bits per heavy atom. The van der Waals surface area contributed by atoms with Crippen LogP contribution < -0.4 is 5.73 Å². The molecule has 0 amide bonds. The molecular weight excluding hydrogens is 296 g/mol. The minimum Gasteiger partial charge on any atom is -0.368 e. The number of aryl methyl sites for hydroxylation is 1. The predicted molar refractivity (Wildman–Crippen MR) is 97.4 cm³/mol. The molecule has 0 aliphatic heterocycles. The van der Waals surface area contributed by atoms with Gasteiger partial charge in [0, 0.05) is 28.9 Å². The highest BCUT2D eigenvalue weighted by Crippen LogP contribution is 2.33. The van der Waals surface area contributed by atoms with Crippen molar-refractivity contribution in [1.82, 2.24) is 15.0 Å². The molecule has 0 saturated heterocycles. The predicted octanol–water partition coefficient (Wildman–Crippen LogP) is 4.25. The number of pyridine rings is 1. The van der Waals surface area contributed by atoms with Crippen LogP contribution in [0, 0.1) is 6.92 Å². The second-order valence-electron chi connectivity index (χ2n) is 5.72. The first-order valence-electron chi connectivity index (χ1n) is 7.76. The molecule has 2 heterocycles. The van der Waals surface area contributed by atoms with E-state index in [0.717, 1.165) is 33.3 Å². The number of nitrogens with two attached hydrogens (primary N) is 1. The van der Waals surface area contributed by atoms with E-state index >= 15 is 0 Å². The van der Waals surface area contributed by atoms with Crippen LogP contribution in [0.1, 0.15) is 5.56 Å². The average Bonchev–Trinajstić information content (AvgIpc) is 2.62. The summed E-state index contributed by atoms with van der Waals surface area (Å²) >= 11 is 0. The molecule has 0 atom stereocenters. The summed E-state index contributed by atoms with van der Waals surface area (Å²) in [5, 5.41) is 0.960. The van der Waals surface area contributed by atoms with E-state index in [1.54, 1.807) is 6.20 Å². The zero-order chi connectivity index (χ0) is 16.5. The number of aromatic nitrogens is 3. The normalized spacial score (nSPS) is 10.9. The van der Waals surface area contributed by atoms with Crippen molar-refractivity contribution in [2.75, 3.05) is 5.73 Å². The maximum absolute atomic E-state index is 5.66. The second-order valence-corrected chi connectivity index (χ2v) is 5.72. The molecule has 0 aliphatic rings. The number of anilines is 1. The maximum Gasteiger partial charge on any atom is 0.220 e. The van der Waals surface area contributed by atoms with Crippen LogP contribution in [0.5, 0.6) is 0 Å². The molecule has 0 fully saturated rings. The van der Waals surface area contributed by atoms with Crippen LogP contribution in [0.4, 0.5) is 5.95 Å². The first-order valence-corrected chi connectivity index (χ1v) is 7.76. The van der Waals surface area contributed by atoms with Crippen LogP contribution in [0.3, 0.4) is 0 Å². The van der Waals surface area contributed by atoms with Gasteiger partial charge in [0.05, 0.1) is 11.2 Å². The van der Waals surface area contributed by atoms with Crippen molar-refractivity contribution in [1.29, 1.82) is 0 Å². The SMILES string of the molecule is Cc1ccccc1-c1ncccc1-c1ccc2nc(N)ncc2c1. The van der Waals surface area contributed by atoms with E-state index in [0.29, 0.717) is 0 Å². The third-order valence-electron chi connectivity index (χ3n) is 4.12. The van der Waals surface area contributed by atoms with Crippen LogP contribution in [0.15, 0.2) is 67.0 Å². The summed E-state index contributed by atoms with van der Waals surface area (Å²) in [5.41, 5.74) is 12.0. The van der Waals surface area contributed by atoms with Gasteiger partial charge < -0.3 is 5.73 Å². The van der Waals surface area contributed by atoms with Crippen molar-refractivity contribution in [3.05, 3.63) is 72.6 Å². The molecule has 4 heteroatoms. The standard InChI is InChI=1S/C20H16N4/c1-13-5-2-3-6-16(13)19-17(7-4-10-22-19)14-8-9-18-15(11-14)12-23-20(21)24-18/h2-12H,1H3,(H2,21,23,24). The number of nitrogens with zero attached hydrogens (tertiary/aromatic N) is 3. The van der Waals surface area contributed by atoms with E-state index < -0.39 is 0 Å². The molecule has 0 radical (unpaired) electrons. The Morgan fingerprint density at radius 2 is 1.71 bits per heavy atom. The van der Waals surface area contributed by atoms with Crippen LogP contribution in [0.25, 0.3) is 33.3 Å². The second kappa shape index (κ2) is 5.74. The summed E-state index contributed by atoms with van der Waals surface area (Å²) < 4.78 is 0. The third-order valence-corrected chi connectivity index (χ3v) is 4.12. The Bertz CT molecular complexity index is 1040. The zero-order valence-corrected chi connectivity index (χ0v) is 13.3. The minimum absolute atomic E-state index is 0.289. The number of hydrogen-bond donors (Lipinski definition) is 1. The van der Waals surface area contributed by atoms with Gasteiger partial charge in [-0.1, -0.05) is 36.4 Å². The largest absolute Gasteiger partial charge is 0.368 e. The fraction of sp³-hybridized carbons (Fsp3) is 0.0500. The number of nitrogen functional groups attached to an aromatic ring is 1. The zero-order valence-electron chi connectivity index (χ0n) is 13.3. The van der Waals surface area contributed by atoms with E-state index in [1.807, 2.05) is 36.5 Å². The quantitative estimate of drug-likeness (QED) is 0.601. The number of fused-ring (bicyclic) bond motifs is 1. The van der Waals surface area contributed by atoms with Crippen molar-refractivity contribution < 1.29 is 0 Å². The van der Waals surface area contributed by atoms with E-state index in [-0.39, 0.29) is 5.95 Å². The van der Waals surface area contributed by atoms with Gasteiger partial charge in [0.1, 0.15) is 0 Å². The summed E-state index contributed by atoms with van der Waals surface area (Å²) in [6, 6.07) is 18.4. The van der Waals surface area contributed by atoms with Crippen LogP contribution in [-0.4, -0.2) is 15.0 Å². The fourth-order valence-corrected chi connectivity index (χ4v) is 2.91. The highest BCUT2D eigenvalue weighted by atomic mass is 15.0. The summed E-state index contributed by atoms with van der Waals surface area (Å²) in [4.78, 5) is 13.0. The first kappa shape index (κ1) is 14.3. The minimum atomic E-state index is 0.289. The summed E-state index contributed by atoms with van der Waals surface area (Å²) in [7, 11) is 0. The summed E-state index contributed by atoms with van der Waals surface area (Å²) in [6.07, 6.45) is 3.58. The van der Waals surface area contributed by atoms with Gasteiger partial charge in [0.25, 0.3) is 0 Å². The topological polar surface area (TPSA) is 64.7 Å². The molecule has 4 nitrogen and oxygen atoms in total. The first-order chi connectivity index (χ1) is 11.7. The lowest BCUT2D eigenvalue weighted by atomic mass is 9.96. The van der Waals surface area contributed by atoms with Gasteiger partial charge in [-0.2, -0.15) is 0 Å². The Balaban J connectivity index is 1.92. The average molecular weight is 312 g/mol.